The van der Waals surface area contributed by atoms with Crippen molar-refractivity contribution in [1.82, 2.24) is 10.0 Å². The molecule has 2 fully saturated rings. The van der Waals surface area contributed by atoms with Crippen LogP contribution >= 0.6 is 0 Å². The van der Waals surface area contributed by atoms with Crippen LogP contribution in [0, 0.1) is 12.3 Å². The number of hydrogen-bond donors (Lipinski definition) is 3. The van der Waals surface area contributed by atoms with Crippen molar-refractivity contribution in [3.05, 3.63) is 23.3 Å². The minimum atomic E-state index is -3.93. The highest BCUT2D eigenvalue weighted by atomic mass is 32.2. The molecule has 7 nitrogen and oxygen atoms in total. The van der Waals surface area contributed by atoms with Crippen LogP contribution in [0.4, 0.5) is 5.69 Å². The Kier molecular flexibility index (Phi) is 4.92. The molecule has 1 heterocycles. The van der Waals surface area contributed by atoms with Gasteiger partial charge in [-0.3, -0.25) is 4.79 Å². The Balaban J connectivity index is 1.71. The molecule has 0 aromatic heterocycles. The Hall–Kier alpha value is -1.80. The maximum absolute atomic E-state index is 12.0. The molecule has 0 radical (unpaired) electrons. The number of rotatable bonds is 4. The zero-order valence-corrected chi connectivity index (χ0v) is 16.3. The Bertz CT molecular complexity index is 787. The van der Waals surface area contributed by atoms with Crippen molar-refractivity contribution in [3.8, 4) is 5.75 Å². The fraction of sp³-hybridized carbons (Fsp3) is 0.611. The van der Waals surface area contributed by atoms with Gasteiger partial charge in [0, 0.05) is 12.6 Å². The standard InChI is InChI=1S/C18H27N3O4S/c1-12-8-13(10-19-14-4-6-18(2,3)7-5-14)9-15(22)17(12)21-11-16(23)20-26(21,24)25/h8-9,14,19,22H,4-7,10-11H2,1-3H3,(H,20,23). The zero-order chi connectivity index (χ0) is 19.1. The fourth-order valence-corrected chi connectivity index (χ4v) is 5.00. The number of aromatic hydroxyl groups is 1. The van der Waals surface area contributed by atoms with Crippen LogP contribution in [0.15, 0.2) is 12.1 Å². The van der Waals surface area contributed by atoms with Crippen molar-refractivity contribution in [3.63, 3.8) is 0 Å². The van der Waals surface area contributed by atoms with Crippen molar-refractivity contribution < 1.29 is 18.3 Å². The van der Waals surface area contributed by atoms with Gasteiger partial charge in [-0.1, -0.05) is 19.9 Å². The average molecular weight is 381 g/mol. The molecule has 0 bridgehead atoms. The minimum absolute atomic E-state index is 0.133. The number of nitrogens with one attached hydrogen (secondary N) is 2. The number of carbonyl (C=O) groups is 1. The summed E-state index contributed by atoms with van der Waals surface area (Å²) in [4.78, 5) is 11.4. The van der Waals surface area contributed by atoms with E-state index in [0.717, 1.165) is 22.7 Å². The number of anilines is 1. The maximum Gasteiger partial charge on any atom is 0.326 e. The summed E-state index contributed by atoms with van der Waals surface area (Å²) >= 11 is 0. The second-order valence-electron chi connectivity index (χ2n) is 8.14. The van der Waals surface area contributed by atoms with E-state index in [0.29, 0.717) is 23.6 Å². The molecule has 1 amide bonds. The van der Waals surface area contributed by atoms with Crippen molar-refractivity contribution >= 4 is 21.8 Å². The second kappa shape index (κ2) is 6.74. The highest BCUT2D eigenvalue weighted by Crippen LogP contribution is 2.36. The molecule has 26 heavy (non-hydrogen) atoms. The normalized spacial score (nSPS) is 22.4. The molecule has 144 valence electrons. The number of hydrogen-bond acceptors (Lipinski definition) is 5. The average Bonchev–Trinajstić information content (AvgIpc) is 2.78. The molecule has 0 spiro atoms. The number of phenolic OH excluding ortho intramolecular Hbond substituents is 1. The van der Waals surface area contributed by atoms with Gasteiger partial charge < -0.3 is 10.4 Å². The van der Waals surface area contributed by atoms with Gasteiger partial charge >= 0.3 is 10.2 Å². The summed E-state index contributed by atoms with van der Waals surface area (Å²) in [5.41, 5.74) is 2.09. The summed E-state index contributed by atoms with van der Waals surface area (Å²) in [6.07, 6.45) is 4.66. The van der Waals surface area contributed by atoms with Gasteiger partial charge in [0.05, 0.1) is 5.69 Å². The van der Waals surface area contributed by atoms with Gasteiger partial charge in [-0.2, -0.15) is 8.42 Å². The fourth-order valence-electron chi connectivity index (χ4n) is 3.77. The largest absolute Gasteiger partial charge is 0.506 e. The Morgan fingerprint density at radius 2 is 1.96 bits per heavy atom. The molecular weight excluding hydrogens is 354 g/mol. The first-order chi connectivity index (χ1) is 12.1. The highest BCUT2D eigenvalue weighted by Gasteiger charge is 2.36. The molecule has 0 unspecified atom stereocenters. The molecular formula is C18H27N3O4S. The lowest BCUT2D eigenvalue weighted by atomic mass is 9.75. The van der Waals surface area contributed by atoms with Crippen LogP contribution in [-0.4, -0.2) is 32.0 Å². The molecule has 8 heteroatoms. The summed E-state index contributed by atoms with van der Waals surface area (Å²) in [5.74, 6) is -0.735. The first kappa shape index (κ1) is 19.0. The molecule has 1 aliphatic carbocycles. The Morgan fingerprint density at radius 1 is 1.31 bits per heavy atom. The van der Waals surface area contributed by atoms with Crippen LogP contribution in [0.1, 0.15) is 50.7 Å². The molecule has 1 saturated heterocycles. The van der Waals surface area contributed by atoms with Gasteiger partial charge in [0.2, 0.25) is 0 Å². The molecule has 3 rings (SSSR count). The van der Waals surface area contributed by atoms with Gasteiger partial charge in [0.1, 0.15) is 12.3 Å². The predicted octanol–water partition coefficient (Wildman–Crippen LogP) is 1.94. The third kappa shape index (κ3) is 3.96. The van der Waals surface area contributed by atoms with Gasteiger partial charge in [0.25, 0.3) is 5.91 Å². The van der Waals surface area contributed by atoms with Crippen LogP contribution in [0.2, 0.25) is 0 Å². The lowest BCUT2D eigenvalue weighted by molar-refractivity contribution is -0.117. The van der Waals surface area contributed by atoms with Gasteiger partial charge in [-0.05, 0) is 55.2 Å². The van der Waals surface area contributed by atoms with E-state index in [1.165, 1.54) is 12.8 Å². The van der Waals surface area contributed by atoms with Crippen molar-refractivity contribution in [2.75, 3.05) is 10.8 Å². The van der Waals surface area contributed by atoms with E-state index in [-0.39, 0.29) is 18.0 Å². The van der Waals surface area contributed by atoms with Gasteiger partial charge in [-0.15, -0.1) is 0 Å². The lowest BCUT2D eigenvalue weighted by Crippen LogP contribution is -2.35. The van der Waals surface area contributed by atoms with Gasteiger partial charge in [0.15, 0.2) is 0 Å². The lowest BCUT2D eigenvalue weighted by Gasteiger charge is -2.34. The van der Waals surface area contributed by atoms with E-state index in [1.54, 1.807) is 13.0 Å². The Labute approximate surface area is 155 Å². The SMILES string of the molecule is Cc1cc(CNC2CCC(C)(C)CC2)cc(O)c1N1CC(=O)NS1(=O)=O. The second-order valence-corrected chi connectivity index (χ2v) is 9.73. The molecule has 1 aromatic carbocycles. The van der Waals surface area contributed by atoms with Crippen LogP contribution in [0.5, 0.6) is 5.75 Å². The summed E-state index contributed by atoms with van der Waals surface area (Å²) in [6, 6.07) is 3.89. The molecule has 1 aromatic rings. The quantitative estimate of drug-likeness (QED) is 0.740. The Morgan fingerprint density at radius 3 is 2.50 bits per heavy atom. The van der Waals surface area contributed by atoms with E-state index in [4.69, 9.17) is 0 Å². The topological polar surface area (TPSA) is 98.7 Å². The third-order valence-electron chi connectivity index (χ3n) is 5.34. The van der Waals surface area contributed by atoms with Gasteiger partial charge in [-0.25, -0.2) is 9.03 Å². The molecule has 3 N–H and O–H groups in total. The van der Waals surface area contributed by atoms with E-state index in [9.17, 15) is 18.3 Å². The first-order valence-corrected chi connectivity index (χ1v) is 10.4. The smallest absolute Gasteiger partial charge is 0.326 e. The number of amides is 1. The minimum Gasteiger partial charge on any atom is -0.506 e. The van der Waals surface area contributed by atoms with Crippen LogP contribution in [0.3, 0.4) is 0 Å². The third-order valence-corrected chi connectivity index (χ3v) is 6.72. The van der Waals surface area contributed by atoms with E-state index < -0.39 is 16.1 Å². The van der Waals surface area contributed by atoms with Crippen molar-refractivity contribution in [1.29, 1.82) is 0 Å². The molecule has 2 aliphatic rings. The molecule has 1 aliphatic heterocycles. The maximum atomic E-state index is 12.0. The number of benzene rings is 1. The number of phenols is 1. The van der Waals surface area contributed by atoms with Crippen molar-refractivity contribution in [2.24, 2.45) is 5.41 Å². The van der Waals surface area contributed by atoms with Crippen molar-refractivity contribution in [2.45, 2.75) is 59.0 Å². The summed E-state index contributed by atoms with van der Waals surface area (Å²) < 4.78 is 26.9. The summed E-state index contributed by atoms with van der Waals surface area (Å²) in [7, 11) is -3.93. The highest BCUT2D eigenvalue weighted by molar-refractivity contribution is 7.92. The number of nitrogens with zero attached hydrogens (tertiary/aromatic N) is 1. The zero-order valence-electron chi connectivity index (χ0n) is 15.5. The van der Waals surface area contributed by atoms with Crippen LogP contribution in [0.25, 0.3) is 0 Å². The van der Waals surface area contributed by atoms with E-state index >= 15 is 0 Å². The predicted molar refractivity (Wildman–Crippen MR) is 100 cm³/mol. The van der Waals surface area contributed by atoms with E-state index in [1.807, 2.05) is 10.8 Å². The molecule has 0 atom stereocenters. The summed E-state index contributed by atoms with van der Waals surface area (Å²) in [6.45, 7) is 6.64. The monoisotopic (exact) mass is 381 g/mol. The molecule has 1 saturated carbocycles. The summed E-state index contributed by atoms with van der Waals surface area (Å²) in [5, 5.41) is 13.9. The van der Waals surface area contributed by atoms with E-state index in [2.05, 4.69) is 19.2 Å². The first-order valence-electron chi connectivity index (χ1n) is 8.97. The number of aryl methyl sites for hydroxylation is 1. The van der Waals surface area contributed by atoms with Crippen LogP contribution < -0.4 is 14.3 Å². The van der Waals surface area contributed by atoms with Crippen LogP contribution in [-0.2, 0) is 21.5 Å². The number of carbonyl (C=O) groups excluding carboxylic acids is 1.